The number of rotatable bonds is 4. The first-order chi connectivity index (χ1) is 7.78. The topological polar surface area (TPSA) is 51.0 Å². The van der Waals surface area contributed by atoms with E-state index >= 15 is 0 Å². The average Bonchev–Trinajstić information content (AvgIpc) is 2.74. The molecule has 2 atom stereocenters. The molecular weight excluding hydrogens is 226 g/mol. The molecule has 0 bridgehead atoms. The lowest BCUT2D eigenvalue weighted by atomic mass is 9.82. The molecule has 90 valence electrons. The van der Waals surface area contributed by atoms with E-state index in [1.54, 1.807) is 0 Å². The van der Waals surface area contributed by atoms with Gasteiger partial charge in [-0.2, -0.15) is 0 Å². The van der Waals surface area contributed by atoms with Crippen molar-refractivity contribution in [1.82, 2.24) is 10.2 Å². The molecule has 16 heavy (non-hydrogen) atoms. The largest absolute Gasteiger partial charge is 0.407 e. The molecule has 5 heteroatoms. The Morgan fingerprint density at radius 1 is 1.44 bits per heavy atom. The van der Waals surface area contributed by atoms with Crippen molar-refractivity contribution in [3.8, 4) is 0 Å². The molecule has 4 nitrogen and oxygen atoms in total. The van der Waals surface area contributed by atoms with Gasteiger partial charge < -0.3 is 9.73 Å². The highest BCUT2D eigenvalue weighted by atomic mass is 35.5. The van der Waals surface area contributed by atoms with E-state index < -0.39 is 0 Å². The van der Waals surface area contributed by atoms with E-state index in [0.717, 1.165) is 18.4 Å². The summed E-state index contributed by atoms with van der Waals surface area (Å²) in [5, 5.41) is 10.9. The SMILES string of the molecule is CC1CCCC(CNc2nnc(CCl)o2)C1. The van der Waals surface area contributed by atoms with Gasteiger partial charge in [-0.05, 0) is 24.7 Å². The van der Waals surface area contributed by atoms with E-state index in [-0.39, 0.29) is 5.88 Å². The third-order valence-electron chi connectivity index (χ3n) is 3.17. The number of nitrogens with zero attached hydrogens (tertiary/aromatic N) is 2. The highest BCUT2D eigenvalue weighted by Gasteiger charge is 2.19. The summed E-state index contributed by atoms with van der Waals surface area (Å²) < 4.78 is 5.29. The average molecular weight is 244 g/mol. The van der Waals surface area contributed by atoms with Gasteiger partial charge in [0.05, 0.1) is 0 Å². The minimum Gasteiger partial charge on any atom is -0.407 e. The second-order valence-electron chi connectivity index (χ2n) is 4.65. The van der Waals surface area contributed by atoms with Crippen molar-refractivity contribution in [2.24, 2.45) is 11.8 Å². The van der Waals surface area contributed by atoms with Gasteiger partial charge >= 0.3 is 6.01 Å². The van der Waals surface area contributed by atoms with Crippen LogP contribution < -0.4 is 5.32 Å². The molecular formula is C11H18ClN3O. The minimum atomic E-state index is 0.273. The van der Waals surface area contributed by atoms with Crippen LogP contribution in [0.15, 0.2) is 4.42 Å². The van der Waals surface area contributed by atoms with Crippen LogP contribution in [0.25, 0.3) is 0 Å². The van der Waals surface area contributed by atoms with Gasteiger partial charge in [0.2, 0.25) is 5.89 Å². The van der Waals surface area contributed by atoms with Gasteiger partial charge in [-0.25, -0.2) is 0 Å². The van der Waals surface area contributed by atoms with Crippen LogP contribution in [0, 0.1) is 11.8 Å². The summed E-state index contributed by atoms with van der Waals surface area (Å²) in [7, 11) is 0. The summed E-state index contributed by atoms with van der Waals surface area (Å²) in [6.45, 7) is 3.25. The quantitative estimate of drug-likeness (QED) is 0.826. The Kier molecular flexibility index (Phi) is 4.04. The zero-order chi connectivity index (χ0) is 11.4. The van der Waals surface area contributed by atoms with E-state index in [2.05, 4.69) is 22.4 Å². The number of halogens is 1. The van der Waals surface area contributed by atoms with Gasteiger partial charge in [-0.3, -0.25) is 0 Å². The molecule has 1 N–H and O–H groups in total. The lowest BCUT2D eigenvalue weighted by molar-refractivity contribution is 0.292. The summed E-state index contributed by atoms with van der Waals surface area (Å²) in [5.41, 5.74) is 0. The maximum Gasteiger partial charge on any atom is 0.315 e. The van der Waals surface area contributed by atoms with Gasteiger partial charge in [0.15, 0.2) is 0 Å². The fourth-order valence-electron chi connectivity index (χ4n) is 2.36. The zero-order valence-electron chi connectivity index (χ0n) is 9.58. The smallest absolute Gasteiger partial charge is 0.315 e. The van der Waals surface area contributed by atoms with Crippen LogP contribution in [0.5, 0.6) is 0 Å². The zero-order valence-corrected chi connectivity index (χ0v) is 10.3. The number of anilines is 1. The predicted octanol–water partition coefficient (Wildman–Crippen LogP) is 3.05. The molecule has 0 aliphatic heterocycles. The molecule has 1 aromatic heterocycles. The Morgan fingerprint density at radius 3 is 3.00 bits per heavy atom. The Labute approximate surface area is 101 Å². The molecule has 0 saturated heterocycles. The van der Waals surface area contributed by atoms with Crippen LogP contribution in [0.2, 0.25) is 0 Å². The van der Waals surface area contributed by atoms with Crippen LogP contribution in [0.4, 0.5) is 6.01 Å². The summed E-state index contributed by atoms with van der Waals surface area (Å²) in [4.78, 5) is 0. The van der Waals surface area contributed by atoms with Gasteiger partial charge in [0, 0.05) is 6.54 Å². The molecule has 1 aliphatic rings. The van der Waals surface area contributed by atoms with Crippen molar-refractivity contribution < 1.29 is 4.42 Å². The van der Waals surface area contributed by atoms with E-state index in [1.807, 2.05) is 0 Å². The summed E-state index contributed by atoms with van der Waals surface area (Å²) in [5.74, 6) is 2.33. The molecule has 2 unspecified atom stereocenters. The van der Waals surface area contributed by atoms with Gasteiger partial charge in [0.25, 0.3) is 0 Å². The van der Waals surface area contributed by atoms with Crippen molar-refractivity contribution in [2.75, 3.05) is 11.9 Å². The summed E-state index contributed by atoms with van der Waals surface area (Å²) in [6.07, 6.45) is 5.30. The van der Waals surface area contributed by atoms with E-state index in [4.69, 9.17) is 16.0 Å². The summed E-state index contributed by atoms with van der Waals surface area (Å²) in [6, 6.07) is 0.494. The van der Waals surface area contributed by atoms with Crippen LogP contribution in [-0.4, -0.2) is 16.7 Å². The van der Waals surface area contributed by atoms with Crippen LogP contribution in [0.3, 0.4) is 0 Å². The Bertz CT molecular complexity index is 329. The van der Waals surface area contributed by atoms with Crippen LogP contribution in [-0.2, 0) is 5.88 Å². The van der Waals surface area contributed by atoms with Gasteiger partial charge in [-0.1, -0.05) is 24.9 Å². The third-order valence-corrected chi connectivity index (χ3v) is 3.40. The molecule has 0 radical (unpaired) electrons. The van der Waals surface area contributed by atoms with Gasteiger partial charge in [-0.15, -0.1) is 16.7 Å². The Morgan fingerprint density at radius 2 is 2.31 bits per heavy atom. The fourth-order valence-corrected chi connectivity index (χ4v) is 2.46. The molecule has 1 fully saturated rings. The van der Waals surface area contributed by atoms with Crippen LogP contribution >= 0.6 is 11.6 Å². The Balaban J connectivity index is 1.78. The maximum absolute atomic E-state index is 5.58. The number of hydrogen-bond donors (Lipinski definition) is 1. The third kappa shape index (κ3) is 3.11. The van der Waals surface area contributed by atoms with Crippen molar-refractivity contribution in [2.45, 2.75) is 38.5 Å². The second kappa shape index (κ2) is 5.53. The number of alkyl halides is 1. The number of hydrogen-bond acceptors (Lipinski definition) is 4. The van der Waals surface area contributed by atoms with E-state index in [0.29, 0.717) is 11.9 Å². The fraction of sp³-hybridized carbons (Fsp3) is 0.818. The van der Waals surface area contributed by atoms with Crippen molar-refractivity contribution >= 4 is 17.6 Å². The summed E-state index contributed by atoms with van der Waals surface area (Å²) >= 11 is 5.58. The molecule has 1 saturated carbocycles. The lowest BCUT2D eigenvalue weighted by Crippen LogP contribution is -2.21. The number of aromatic nitrogens is 2. The van der Waals surface area contributed by atoms with E-state index in [1.165, 1.54) is 25.7 Å². The van der Waals surface area contributed by atoms with Crippen molar-refractivity contribution in [1.29, 1.82) is 0 Å². The highest BCUT2D eigenvalue weighted by molar-refractivity contribution is 6.16. The van der Waals surface area contributed by atoms with Gasteiger partial charge in [0.1, 0.15) is 5.88 Å². The first-order valence-electron chi connectivity index (χ1n) is 5.90. The maximum atomic E-state index is 5.58. The molecule has 1 heterocycles. The first-order valence-corrected chi connectivity index (χ1v) is 6.43. The molecule has 1 aromatic rings. The number of nitrogens with one attached hydrogen (secondary N) is 1. The van der Waals surface area contributed by atoms with Crippen molar-refractivity contribution in [3.05, 3.63) is 5.89 Å². The van der Waals surface area contributed by atoms with E-state index in [9.17, 15) is 0 Å². The van der Waals surface area contributed by atoms with Crippen molar-refractivity contribution in [3.63, 3.8) is 0 Å². The Hall–Kier alpha value is -0.770. The highest BCUT2D eigenvalue weighted by Crippen LogP contribution is 2.28. The molecule has 0 amide bonds. The molecule has 2 rings (SSSR count). The normalized spacial score (nSPS) is 25.6. The first kappa shape index (κ1) is 11.7. The molecule has 0 aromatic carbocycles. The molecule has 0 spiro atoms. The lowest BCUT2D eigenvalue weighted by Gasteiger charge is -2.26. The second-order valence-corrected chi connectivity index (χ2v) is 4.92. The standard InChI is InChI=1S/C11H18ClN3O/c1-8-3-2-4-9(5-8)7-13-11-15-14-10(6-12)16-11/h8-9H,2-7H2,1H3,(H,13,15). The monoisotopic (exact) mass is 243 g/mol. The molecule has 1 aliphatic carbocycles. The van der Waals surface area contributed by atoms with Crippen LogP contribution in [0.1, 0.15) is 38.5 Å². The minimum absolute atomic E-state index is 0.273. The predicted molar refractivity (Wildman–Crippen MR) is 63.5 cm³/mol.